The van der Waals surface area contributed by atoms with E-state index in [4.69, 9.17) is 5.11 Å². The van der Waals surface area contributed by atoms with E-state index in [0.717, 1.165) is 6.42 Å². The second-order valence-electron chi connectivity index (χ2n) is 4.71. The molecule has 0 heterocycles. The maximum Gasteiger partial charge on any atom is 0.319 e. The molecular weight excluding hydrogens is 286 g/mol. The van der Waals surface area contributed by atoms with E-state index in [1.807, 2.05) is 6.92 Å². The van der Waals surface area contributed by atoms with Crippen LogP contribution in [0.3, 0.4) is 0 Å². The van der Waals surface area contributed by atoms with Gasteiger partial charge in [-0.2, -0.15) is 0 Å². The van der Waals surface area contributed by atoms with Crippen molar-refractivity contribution in [2.75, 3.05) is 18.4 Å². The van der Waals surface area contributed by atoms with Gasteiger partial charge in [0.25, 0.3) is 5.91 Å². The van der Waals surface area contributed by atoms with Crippen LogP contribution in [0.2, 0.25) is 0 Å². The fraction of sp³-hybridized carbons (Fsp3) is 0.400. The number of benzene rings is 1. The molecule has 1 aromatic rings. The zero-order chi connectivity index (χ0) is 16.4. The van der Waals surface area contributed by atoms with Gasteiger partial charge >= 0.3 is 12.0 Å². The van der Waals surface area contributed by atoms with E-state index in [2.05, 4.69) is 16.0 Å². The Morgan fingerprint density at radius 1 is 1.05 bits per heavy atom. The zero-order valence-corrected chi connectivity index (χ0v) is 12.5. The number of amides is 3. The summed E-state index contributed by atoms with van der Waals surface area (Å²) in [5.41, 5.74) is 1.09. The lowest BCUT2D eigenvalue weighted by Gasteiger charge is -2.08. The smallest absolute Gasteiger partial charge is 0.319 e. The van der Waals surface area contributed by atoms with Crippen LogP contribution < -0.4 is 16.0 Å². The van der Waals surface area contributed by atoms with Crippen LogP contribution in [0, 0.1) is 0 Å². The summed E-state index contributed by atoms with van der Waals surface area (Å²) in [5, 5.41) is 16.4. The summed E-state index contributed by atoms with van der Waals surface area (Å²) in [6, 6.07) is 6.12. The first-order valence-corrected chi connectivity index (χ1v) is 7.18. The van der Waals surface area contributed by atoms with Gasteiger partial charge in [0.2, 0.25) is 0 Å². The number of nitrogens with one attached hydrogen (secondary N) is 3. The summed E-state index contributed by atoms with van der Waals surface area (Å²) in [6.07, 6.45) is 1.26. The molecule has 22 heavy (non-hydrogen) atoms. The highest BCUT2D eigenvalue weighted by Crippen LogP contribution is 2.09. The van der Waals surface area contributed by atoms with Gasteiger partial charge in [-0.05, 0) is 37.1 Å². The lowest BCUT2D eigenvalue weighted by atomic mass is 10.2. The van der Waals surface area contributed by atoms with E-state index in [9.17, 15) is 14.4 Å². The standard InChI is InChI=1S/C15H21N3O4/c1-2-9-16-14(21)11-5-7-12(8-6-11)18-15(22)17-10-3-4-13(19)20/h5-8H,2-4,9-10H2,1H3,(H,16,21)(H,19,20)(H2,17,18,22). The van der Waals surface area contributed by atoms with Crippen LogP contribution in [0.4, 0.5) is 10.5 Å². The monoisotopic (exact) mass is 307 g/mol. The van der Waals surface area contributed by atoms with E-state index < -0.39 is 12.0 Å². The molecule has 7 nitrogen and oxygen atoms in total. The average molecular weight is 307 g/mol. The Balaban J connectivity index is 2.38. The maximum atomic E-state index is 11.7. The summed E-state index contributed by atoms with van der Waals surface area (Å²) < 4.78 is 0. The van der Waals surface area contributed by atoms with Gasteiger partial charge in [0, 0.05) is 30.8 Å². The van der Waals surface area contributed by atoms with Gasteiger partial charge < -0.3 is 21.1 Å². The van der Waals surface area contributed by atoms with E-state index in [1.165, 1.54) is 0 Å². The highest BCUT2D eigenvalue weighted by atomic mass is 16.4. The molecule has 3 amide bonds. The van der Waals surface area contributed by atoms with Crippen LogP contribution in [0.15, 0.2) is 24.3 Å². The summed E-state index contributed by atoms with van der Waals surface area (Å²) in [5.74, 6) is -1.04. The third kappa shape index (κ3) is 6.74. The van der Waals surface area contributed by atoms with Crippen LogP contribution in [-0.2, 0) is 4.79 Å². The third-order valence-corrected chi connectivity index (χ3v) is 2.79. The van der Waals surface area contributed by atoms with E-state index >= 15 is 0 Å². The minimum atomic E-state index is -0.890. The lowest BCUT2D eigenvalue weighted by molar-refractivity contribution is -0.137. The fourth-order valence-corrected chi connectivity index (χ4v) is 1.66. The molecule has 0 unspecified atom stereocenters. The van der Waals surface area contributed by atoms with Crippen LogP contribution in [0.5, 0.6) is 0 Å². The molecule has 1 aromatic carbocycles. The molecular formula is C15H21N3O4. The zero-order valence-electron chi connectivity index (χ0n) is 12.5. The first-order valence-electron chi connectivity index (χ1n) is 7.18. The number of carboxylic acids is 1. The minimum Gasteiger partial charge on any atom is -0.481 e. The molecule has 0 aliphatic heterocycles. The van der Waals surface area contributed by atoms with Crippen LogP contribution in [0.25, 0.3) is 0 Å². The molecule has 0 aliphatic carbocycles. The molecule has 0 atom stereocenters. The van der Waals surface area contributed by atoms with Crippen molar-refractivity contribution in [2.24, 2.45) is 0 Å². The Morgan fingerprint density at radius 2 is 1.73 bits per heavy atom. The van der Waals surface area contributed by atoms with E-state index in [1.54, 1.807) is 24.3 Å². The number of aliphatic carboxylic acids is 1. The molecule has 0 bridgehead atoms. The van der Waals surface area contributed by atoms with Gasteiger partial charge in [0.1, 0.15) is 0 Å². The number of carboxylic acid groups (broad SMARTS) is 1. The molecule has 4 N–H and O–H groups in total. The Labute approximate surface area is 129 Å². The van der Waals surface area contributed by atoms with E-state index in [0.29, 0.717) is 24.2 Å². The number of carbonyl (C=O) groups excluding carboxylic acids is 2. The molecule has 7 heteroatoms. The average Bonchev–Trinajstić information content (AvgIpc) is 2.49. The number of hydrogen-bond acceptors (Lipinski definition) is 3. The first-order chi connectivity index (χ1) is 10.5. The van der Waals surface area contributed by atoms with Crippen LogP contribution in [-0.4, -0.2) is 36.1 Å². The molecule has 0 aliphatic rings. The lowest BCUT2D eigenvalue weighted by Crippen LogP contribution is -2.29. The molecule has 0 spiro atoms. The molecule has 1 rings (SSSR count). The summed E-state index contributed by atoms with van der Waals surface area (Å²) >= 11 is 0. The van der Waals surface area contributed by atoms with Gasteiger partial charge in [-0.3, -0.25) is 9.59 Å². The molecule has 0 saturated heterocycles. The molecule has 0 fully saturated rings. The van der Waals surface area contributed by atoms with Gasteiger partial charge in [-0.25, -0.2) is 4.79 Å². The summed E-state index contributed by atoms with van der Waals surface area (Å²) in [6.45, 7) is 2.88. The van der Waals surface area contributed by atoms with Crippen molar-refractivity contribution in [1.82, 2.24) is 10.6 Å². The van der Waals surface area contributed by atoms with Crippen molar-refractivity contribution < 1.29 is 19.5 Å². The number of rotatable bonds is 8. The Bertz CT molecular complexity index is 514. The predicted molar refractivity (Wildman–Crippen MR) is 83.0 cm³/mol. The van der Waals surface area contributed by atoms with Crippen molar-refractivity contribution >= 4 is 23.6 Å². The number of urea groups is 1. The van der Waals surface area contributed by atoms with E-state index in [-0.39, 0.29) is 18.9 Å². The van der Waals surface area contributed by atoms with Gasteiger partial charge in [-0.15, -0.1) is 0 Å². The minimum absolute atomic E-state index is 0.0157. The fourth-order valence-electron chi connectivity index (χ4n) is 1.66. The molecule has 0 radical (unpaired) electrons. The number of hydrogen-bond donors (Lipinski definition) is 4. The van der Waals surface area contributed by atoms with Gasteiger partial charge in [0.15, 0.2) is 0 Å². The Kier molecular flexibility index (Phi) is 7.45. The maximum absolute atomic E-state index is 11.7. The van der Waals surface area contributed by atoms with Gasteiger partial charge in [-0.1, -0.05) is 6.92 Å². The van der Waals surface area contributed by atoms with Crippen molar-refractivity contribution in [2.45, 2.75) is 26.2 Å². The topological polar surface area (TPSA) is 108 Å². The summed E-state index contributed by atoms with van der Waals surface area (Å²) in [4.78, 5) is 33.6. The third-order valence-electron chi connectivity index (χ3n) is 2.79. The molecule has 120 valence electrons. The van der Waals surface area contributed by atoms with Crippen LogP contribution >= 0.6 is 0 Å². The van der Waals surface area contributed by atoms with Crippen LogP contribution in [0.1, 0.15) is 36.5 Å². The van der Waals surface area contributed by atoms with Crippen molar-refractivity contribution in [3.63, 3.8) is 0 Å². The quantitative estimate of drug-likeness (QED) is 0.549. The summed E-state index contributed by atoms with van der Waals surface area (Å²) in [7, 11) is 0. The second kappa shape index (κ2) is 9.38. The second-order valence-corrected chi connectivity index (χ2v) is 4.71. The number of anilines is 1. The normalized spacial score (nSPS) is 9.86. The van der Waals surface area contributed by atoms with Crippen molar-refractivity contribution in [1.29, 1.82) is 0 Å². The largest absolute Gasteiger partial charge is 0.481 e. The SMILES string of the molecule is CCCNC(=O)c1ccc(NC(=O)NCCCC(=O)O)cc1. The number of carbonyl (C=O) groups is 3. The van der Waals surface area contributed by atoms with Crippen molar-refractivity contribution in [3.8, 4) is 0 Å². The van der Waals surface area contributed by atoms with Gasteiger partial charge in [0.05, 0.1) is 0 Å². The highest BCUT2D eigenvalue weighted by Gasteiger charge is 2.06. The predicted octanol–water partition coefficient (Wildman–Crippen LogP) is 1.81. The Morgan fingerprint density at radius 3 is 2.32 bits per heavy atom. The Hall–Kier alpha value is -2.57. The highest BCUT2D eigenvalue weighted by molar-refractivity contribution is 5.95. The molecule has 0 saturated carbocycles. The molecule has 0 aromatic heterocycles. The van der Waals surface area contributed by atoms with Crippen molar-refractivity contribution in [3.05, 3.63) is 29.8 Å². The first kappa shape index (κ1) is 17.5.